The molecule has 0 unspecified atom stereocenters. The molecule has 0 radical (unpaired) electrons. The van der Waals surface area contributed by atoms with E-state index in [1.165, 1.54) is 6.42 Å². The Morgan fingerprint density at radius 1 is 1.23 bits per heavy atom. The summed E-state index contributed by atoms with van der Waals surface area (Å²) in [4.78, 5) is 25.8. The summed E-state index contributed by atoms with van der Waals surface area (Å²) < 4.78 is 1.89. The second-order valence-electron chi connectivity index (χ2n) is 6.59. The second-order valence-corrected chi connectivity index (χ2v) is 6.59. The third-order valence-electron chi connectivity index (χ3n) is 4.47. The minimum Gasteiger partial charge on any atom is -0.341 e. The topological polar surface area (TPSA) is 42.3 Å². The molecular formula is C18H22N2O2. The van der Waals surface area contributed by atoms with Gasteiger partial charge >= 0.3 is 0 Å². The lowest BCUT2D eigenvalue weighted by molar-refractivity contribution is -0.134. The zero-order chi connectivity index (χ0) is 15.7. The zero-order valence-corrected chi connectivity index (χ0v) is 13.2. The van der Waals surface area contributed by atoms with Crippen molar-refractivity contribution in [3.8, 4) is 0 Å². The lowest BCUT2D eigenvalue weighted by atomic mass is 9.92. The number of amides is 1. The molecule has 2 atom stereocenters. The number of benzene rings is 1. The zero-order valence-electron chi connectivity index (χ0n) is 13.2. The molecule has 0 saturated carbocycles. The maximum Gasteiger partial charge on any atom is 0.242 e. The first-order valence-electron chi connectivity index (χ1n) is 7.89. The highest BCUT2D eigenvalue weighted by Gasteiger charge is 2.25. The monoisotopic (exact) mass is 298 g/mol. The van der Waals surface area contributed by atoms with Crippen LogP contribution in [-0.4, -0.2) is 34.7 Å². The highest BCUT2D eigenvalue weighted by atomic mass is 16.2. The SMILES string of the molecule is C[C@H]1C[C@H](C)CN(C(=O)Cn2cc(C=O)c3ccccc32)C1. The molecule has 116 valence electrons. The Kier molecular flexibility index (Phi) is 4.01. The first-order chi connectivity index (χ1) is 10.6. The maximum atomic E-state index is 12.6. The van der Waals surface area contributed by atoms with Gasteiger partial charge < -0.3 is 9.47 Å². The van der Waals surface area contributed by atoms with Crippen LogP contribution in [-0.2, 0) is 11.3 Å². The third kappa shape index (κ3) is 2.78. The first-order valence-corrected chi connectivity index (χ1v) is 7.89. The number of fused-ring (bicyclic) bond motifs is 1. The molecule has 1 aliphatic heterocycles. The predicted octanol–water partition coefficient (Wildman–Crippen LogP) is 2.96. The lowest BCUT2D eigenvalue weighted by Gasteiger charge is -2.35. The van der Waals surface area contributed by atoms with Gasteiger partial charge in [0.2, 0.25) is 5.91 Å². The lowest BCUT2D eigenvalue weighted by Crippen LogP contribution is -2.43. The van der Waals surface area contributed by atoms with Crippen LogP contribution in [0.15, 0.2) is 30.5 Å². The Morgan fingerprint density at radius 3 is 2.59 bits per heavy atom. The minimum absolute atomic E-state index is 0.136. The Balaban J connectivity index is 1.84. The number of para-hydroxylation sites is 1. The largest absolute Gasteiger partial charge is 0.341 e. The van der Waals surface area contributed by atoms with Crippen molar-refractivity contribution in [2.24, 2.45) is 11.8 Å². The molecule has 0 N–H and O–H groups in total. The van der Waals surface area contributed by atoms with Crippen LogP contribution in [0, 0.1) is 11.8 Å². The van der Waals surface area contributed by atoms with Gasteiger partial charge in [0.15, 0.2) is 6.29 Å². The minimum atomic E-state index is 0.136. The normalized spacial score (nSPS) is 22.0. The van der Waals surface area contributed by atoms with E-state index in [-0.39, 0.29) is 5.91 Å². The number of hydrogen-bond donors (Lipinski definition) is 0. The van der Waals surface area contributed by atoms with E-state index in [4.69, 9.17) is 0 Å². The highest BCUT2D eigenvalue weighted by molar-refractivity contribution is 5.98. The van der Waals surface area contributed by atoms with E-state index in [9.17, 15) is 9.59 Å². The van der Waals surface area contributed by atoms with E-state index in [0.717, 1.165) is 30.3 Å². The molecule has 22 heavy (non-hydrogen) atoms. The molecule has 1 saturated heterocycles. The molecule has 2 aromatic rings. The molecule has 1 aromatic carbocycles. The number of aldehydes is 1. The molecule has 0 aliphatic carbocycles. The van der Waals surface area contributed by atoms with Crippen LogP contribution < -0.4 is 0 Å². The van der Waals surface area contributed by atoms with Crippen LogP contribution in [0.25, 0.3) is 10.9 Å². The van der Waals surface area contributed by atoms with E-state index in [1.807, 2.05) is 33.7 Å². The number of carbonyl (C=O) groups excluding carboxylic acids is 2. The summed E-state index contributed by atoms with van der Waals surface area (Å²) in [6, 6.07) is 7.72. The van der Waals surface area contributed by atoms with E-state index >= 15 is 0 Å². The third-order valence-corrected chi connectivity index (χ3v) is 4.47. The van der Waals surface area contributed by atoms with Crippen molar-refractivity contribution in [3.63, 3.8) is 0 Å². The van der Waals surface area contributed by atoms with Crippen LogP contribution in [0.2, 0.25) is 0 Å². The van der Waals surface area contributed by atoms with Gasteiger partial charge in [0.05, 0.1) is 0 Å². The average molecular weight is 298 g/mol. The smallest absolute Gasteiger partial charge is 0.242 e. The molecule has 4 heteroatoms. The first kappa shape index (κ1) is 14.8. The van der Waals surface area contributed by atoms with Gasteiger partial charge in [-0.2, -0.15) is 0 Å². The van der Waals surface area contributed by atoms with Gasteiger partial charge in [-0.3, -0.25) is 9.59 Å². The number of nitrogens with zero attached hydrogens (tertiary/aromatic N) is 2. The number of likely N-dealkylation sites (tertiary alicyclic amines) is 1. The summed E-state index contributed by atoms with van der Waals surface area (Å²) in [5, 5.41) is 0.908. The second kappa shape index (κ2) is 5.95. The van der Waals surface area contributed by atoms with Gasteiger partial charge in [-0.05, 0) is 24.3 Å². The van der Waals surface area contributed by atoms with Crippen molar-refractivity contribution in [2.45, 2.75) is 26.8 Å². The number of carbonyl (C=O) groups is 2. The molecule has 3 rings (SSSR count). The summed E-state index contributed by atoms with van der Waals surface area (Å²) >= 11 is 0. The Labute approximate surface area is 130 Å². The van der Waals surface area contributed by atoms with Crippen molar-refractivity contribution < 1.29 is 9.59 Å². The van der Waals surface area contributed by atoms with Crippen LogP contribution in [0.5, 0.6) is 0 Å². The Bertz CT molecular complexity index is 694. The standard InChI is InChI=1S/C18H22N2O2/c1-13-7-14(2)9-20(8-13)18(22)11-19-10-15(12-21)16-5-3-4-6-17(16)19/h3-6,10,12-14H,7-9,11H2,1-2H3/t13-,14-/m0/s1. The number of piperidine rings is 1. The van der Waals surface area contributed by atoms with Crippen molar-refractivity contribution in [1.82, 2.24) is 9.47 Å². The number of hydrogen-bond acceptors (Lipinski definition) is 2. The van der Waals surface area contributed by atoms with Crippen molar-refractivity contribution in [3.05, 3.63) is 36.0 Å². The Morgan fingerprint density at radius 2 is 1.91 bits per heavy atom. The predicted molar refractivity (Wildman–Crippen MR) is 86.9 cm³/mol. The molecule has 0 spiro atoms. The molecule has 4 nitrogen and oxygen atoms in total. The quantitative estimate of drug-likeness (QED) is 0.818. The van der Waals surface area contributed by atoms with Crippen LogP contribution in [0.4, 0.5) is 0 Å². The number of aromatic nitrogens is 1. The molecule has 1 aliphatic rings. The van der Waals surface area contributed by atoms with Crippen LogP contribution in [0.1, 0.15) is 30.6 Å². The van der Waals surface area contributed by atoms with Crippen LogP contribution in [0.3, 0.4) is 0 Å². The van der Waals surface area contributed by atoms with E-state index < -0.39 is 0 Å². The van der Waals surface area contributed by atoms with Gasteiger partial charge in [0.25, 0.3) is 0 Å². The molecule has 1 amide bonds. The number of rotatable bonds is 3. The summed E-state index contributed by atoms with van der Waals surface area (Å²) in [7, 11) is 0. The van der Waals surface area contributed by atoms with Gasteiger partial charge in [0, 0.05) is 35.8 Å². The summed E-state index contributed by atoms with van der Waals surface area (Å²) in [5.41, 5.74) is 1.58. The Hall–Kier alpha value is -2.10. The van der Waals surface area contributed by atoms with Crippen molar-refractivity contribution in [2.75, 3.05) is 13.1 Å². The van der Waals surface area contributed by atoms with Gasteiger partial charge in [0.1, 0.15) is 6.54 Å². The molecule has 0 bridgehead atoms. The van der Waals surface area contributed by atoms with E-state index in [2.05, 4.69) is 13.8 Å². The molecule has 1 aromatic heterocycles. The van der Waals surface area contributed by atoms with Crippen molar-refractivity contribution >= 4 is 23.1 Å². The maximum absolute atomic E-state index is 12.6. The van der Waals surface area contributed by atoms with Crippen molar-refractivity contribution in [1.29, 1.82) is 0 Å². The van der Waals surface area contributed by atoms with Gasteiger partial charge in [-0.1, -0.05) is 32.0 Å². The van der Waals surface area contributed by atoms with E-state index in [1.54, 1.807) is 6.20 Å². The average Bonchev–Trinajstić information content (AvgIpc) is 2.84. The molecule has 1 fully saturated rings. The fourth-order valence-corrected chi connectivity index (χ4v) is 3.61. The summed E-state index contributed by atoms with van der Waals surface area (Å²) in [5.74, 6) is 1.25. The van der Waals surface area contributed by atoms with Crippen LogP contribution >= 0.6 is 0 Å². The highest BCUT2D eigenvalue weighted by Crippen LogP contribution is 2.23. The van der Waals surface area contributed by atoms with Gasteiger partial charge in [-0.15, -0.1) is 0 Å². The fraction of sp³-hybridized carbons (Fsp3) is 0.444. The van der Waals surface area contributed by atoms with Gasteiger partial charge in [-0.25, -0.2) is 0 Å². The molecule has 2 heterocycles. The fourth-order valence-electron chi connectivity index (χ4n) is 3.61. The summed E-state index contributed by atoms with van der Waals surface area (Å²) in [6.07, 6.45) is 3.83. The summed E-state index contributed by atoms with van der Waals surface area (Å²) in [6.45, 7) is 6.37. The molecular weight excluding hydrogens is 276 g/mol. The van der Waals surface area contributed by atoms with E-state index in [0.29, 0.717) is 23.9 Å².